The SMILES string of the molecule is CC[C@@H](NC(=O)c1cc(F)ccc1F)c1ccccc1OC(F)F. The van der Waals surface area contributed by atoms with Crippen molar-refractivity contribution in [3.8, 4) is 5.75 Å². The van der Waals surface area contributed by atoms with E-state index in [1.807, 2.05) is 0 Å². The Hall–Kier alpha value is -2.57. The van der Waals surface area contributed by atoms with E-state index in [2.05, 4.69) is 10.1 Å². The number of nitrogens with one attached hydrogen (secondary N) is 1. The Morgan fingerprint density at radius 3 is 2.54 bits per heavy atom. The molecular weight excluding hydrogens is 326 g/mol. The molecule has 24 heavy (non-hydrogen) atoms. The van der Waals surface area contributed by atoms with E-state index in [4.69, 9.17) is 0 Å². The Kier molecular flexibility index (Phi) is 5.78. The van der Waals surface area contributed by atoms with Gasteiger partial charge in [-0.05, 0) is 30.7 Å². The van der Waals surface area contributed by atoms with E-state index in [-0.39, 0.29) is 5.75 Å². The number of halogens is 4. The molecule has 0 saturated heterocycles. The summed E-state index contributed by atoms with van der Waals surface area (Å²) in [5, 5.41) is 2.51. The highest BCUT2D eigenvalue weighted by molar-refractivity contribution is 5.94. The smallest absolute Gasteiger partial charge is 0.387 e. The molecule has 0 saturated carbocycles. The average Bonchev–Trinajstić information content (AvgIpc) is 2.55. The van der Waals surface area contributed by atoms with Gasteiger partial charge in [-0.25, -0.2) is 8.78 Å². The van der Waals surface area contributed by atoms with Crippen LogP contribution in [0.4, 0.5) is 17.6 Å². The lowest BCUT2D eigenvalue weighted by Crippen LogP contribution is -2.29. The van der Waals surface area contributed by atoms with Gasteiger partial charge in [-0.1, -0.05) is 25.1 Å². The first-order valence-corrected chi connectivity index (χ1v) is 7.22. The Morgan fingerprint density at radius 1 is 1.17 bits per heavy atom. The van der Waals surface area contributed by atoms with Crippen molar-refractivity contribution in [2.24, 2.45) is 0 Å². The lowest BCUT2D eigenvalue weighted by Gasteiger charge is -2.20. The second-order valence-corrected chi connectivity index (χ2v) is 4.97. The maximum atomic E-state index is 13.7. The highest BCUT2D eigenvalue weighted by Gasteiger charge is 2.21. The standard InChI is InChI=1S/C17H15F4NO2/c1-2-14(11-5-3-4-6-15(11)24-17(20)21)22-16(23)12-9-10(18)7-8-13(12)19/h3-9,14,17H,2H2,1H3,(H,22,23)/t14-/m1/s1. The van der Waals surface area contributed by atoms with Gasteiger partial charge in [0.2, 0.25) is 0 Å². The number of para-hydroxylation sites is 1. The molecule has 0 bridgehead atoms. The van der Waals surface area contributed by atoms with Gasteiger partial charge in [-0.3, -0.25) is 4.79 Å². The van der Waals surface area contributed by atoms with Crippen LogP contribution in [0.25, 0.3) is 0 Å². The van der Waals surface area contributed by atoms with Crippen molar-refractivity contribution in [2.45, 2.75) is 26.0 Å². The number of benzene rings is 2. The van der Waals surface area contributed by atoms with Crippen molar-refractivity contribution in [1.29, 1.82) is 0 Å². The Morgan fingerprint density at radius 2 is 1.88 bits per heavy atom. The van der Waals surface area contributed by atoms with E-state index in [0.29, 0.717) is 12.0 Å². The molecule has 128 valence electrons. The van der Waals surface area contributed by atoms with Crippen molar-refractivity contribution in [2.75, 3.05) is 0 Å². The lowest BCUT2D eigenvalue weighted by molar-refractivity contribution is -0.0506. The zero-order valence-electron chi connectivity index (χ0n) is 12.7. The fraction of sp³-hybridized carbons (Fsp3) is 0.235. The van der Waals surface area contributed by atoms with Gasteiger partial charge >= 0.3 is 6.61 Å². The number of rotatable bonds is 6. The number of carbonyl (C=O) groups is 1. The molecule has 3 nitrogen and oxygen atoms in total. The molecule has 0 radical (unpaired) electrons. The lowest BCUT2D eigenvalue weighted by atomic mass is 10.0. The van der Waals surface area contributed by atoms with Crippen molar-refractivity contribution >= 4 is 5.91 Å². The van der Waals surface area contributed by atoms with Crippen LogP contribution in [0.2, 0.25) is 0 Å². The van der Waals surface area contributed by atoms with Gasteiger partial charge < -0.3 is 10.1 Å². The third kappa shape index (κ3) is 4.24. The largest absolute Gasteiger partial charge is 0.434 e. The topological polar surface area (TPSA) is 38.3 Å². The van der Waals surface area contributed by atoms with Crippen LogP contribution in [-0.2, 0) is 0 Å². The molecule has 0 unspecified atom stereocenters. The van der Waals surface area contributed by atoms with Crippen LogP contribution in [0.1, 0.15) is 35.3 Å². The maximum absolute atomic E-state index is 13.7. The van der Waals surface area contributed by atoms with Gasteiger partial charge in [0.05, 0.1) is 11.6 Å². The van der Waals surface area contributed by atoms with Gasteiger partial charge in [-0.15, -0.1) is 0 Å². The Labute approximate surface area is 136 Å². The van der Waals surface area contributed by atoms with Gasteiger partial charge in [0, 0.05) is 5.56 Å². The molecule has 7 heteroatoms. The summed E-state index contributed by atoms with van der Waals surface area (Å²) in [6.45, 7) is -1.30. The quantitative estimate of drug-likeness (QED) is 0.789. The summed E-state index contributed by atoms with van der Waals surface area (Å²) in [7, 11) is 0. The van der Waals surface area contributed by atoms with E-state index >= 15 is 0 Å². The second kappa shape index (κ2) is 7.81. The highest BCUT2D eigenvalue weighted by Crippen LogP contribution is 2.28. The predicted octanol–water partition coefficient (Wildman–Crippen LogP) is 4.45. The van der Waals surface area contributed by atoms with Crippen LogP contribution >= 0.6 is 0 Å². The number of amides is 1. The van der Waals surface area contributed by atoms with Gasteiger partial charge in [-0.2, -0.15) is 8.78 Å². The summed E-state index contributed by atoms with van der Waals surface area (Å²) in [4.78, 5) is 12.2. The molecule has 2 aromatic rings. The fourth-order valence-corrected chi connectivity index (χ4v) is 2.28. The number of ether oxygens (including phenoxy) is 1. The van der Waals surface area contributed by atoms with Gasteiger partial charge in [0.15, 0.2) is 0 Å². The van der Waals surface area contributed by atoms with Crippen LogP contribution < -0.4 is 10.1 Å². The molecule has 2 rings (SSSR count). The molecule has 1 N–H and O–H groups in total. The summed E-state index contributed by atoms with van der Waals surface area (Å²) in [5.41, 5.74) is -0.133. The molecule has 0 heterocycles. The molecule has 0 fully saturated rings. The van der Waals surface area contributed by atoms with E-state index in [1.165, 1.54) is 18.2 Å². The molecule has 0 spiro atoms. The Balaban J connectivity index is 2.27. The third-order valence-electron chi connectivity index (χ3n) is 3.40. The zero-order valence-corrected chi connectivity index (χ0v) is 12.7. The van der Waals surface area contributed by atoms with Crippen molar-refractivity contribution < 1.29 is 27.1 Å². The minimum Gasteiger partial charge on any atom is -0.434 e. The number of hydrogen-bond donors (Lipinski definition) is 1. The van der Waals surface area contributed by atoms with E-state index in [0.717, 1.165) is 18.2 Å². The van der Waals surface area contributed by atoms with E-state index in [1.54, 1.807) is 13.0 Å². The monoisotopic (exact) mass is 341 g/mol. The normalized spacial score (nSPS) is 12.1. The van der Waals surface area contributed by atoms with Crippen LogP contribution in [-0.4, -0.2) is 12.5 Å². The van der Waals surface area contributed by atoms with Crippen molar-refractivity contribution in [3.05, 3.63) is 65.2 Å². The summed E-state index contributed by atoms with van der Waals surface area (Å²) < 4.78 is 56.3. The highest BCUT2D eigenvalue weighted by atomic mass is 19.3. The average molecular weight is 341 g/mol. The molecular formula is C17H15F4NO2. The minimum atomic E-state index is -3.01. The maximum Gasteiger partial charge on any atom is 0.387 e. The van der Waals surface area contributed by atoms with Crippen LogP contribution in [0.3, 0.4) is 0 Å². The van der Waals surface area contributed by atoms with Gasteiger partial charge in [0.1, 0.15) is 17.4 Å². The first-order valence-electron chi connectivity index (χ1n) is 7.22. The summed E-state index contributed by atoms with van der Waals surface area (Å²) in [6, 6.07) is 7.81. The molecule has 0 aliphatic heterocycles. The fourth-order valence-electron chi connectivity index (χ4n) is 2.28. The number of hydrogen-bond acceptors (Lipinski definition) is 2. The van der Waals surface area contributed by atoms with E-state index < -0.39 is 35.8 Å². The summed E-state index contributed by atoms with van der Waals surface area (Å²) in [5.74, 6) is -2.55. The second-order valence-electron chi connectivity index (χ2n) is 4.97. The van der Waals surface area contributed by atoms with Crippen LogP contribution in [0.15, 0.2) is 42.5 Å². The van der Waals surface area contributed by atoms with Crippen LogP contribution in [0, 0.1) is 11.6 Å². The molecule has 0 aromatic heterocycles. The van der Waals surface area contributed by atoms with Crippen molar-refractivity contribution in [3.63, 3.8) is 0 Å². The summed E-state index contributed by atoms with van der Waals surface area (Å²) in [6.07, 6.45) is 0.340. The van der Waals surface area contributed by atoms with Crippen LogP contribution in [0.5, 0.6) is 5.75 Å². The minimum absolute atomic E-state index is 0.0839. The summed E-state index contributed by atoms with van der Waals surface area (Å²) >= 11 is 0. The number of alkyl halides is 2. The molecule has 2 aromatic carbocycles. The Bertz CT molecular complexity index is 721. The molecule has 0 aliphatic carbocycles. The zero-order chi connectivity index (χ0) is 17.7. The van der Waals surface area contributed by atoms with Crippen molar-refractivity contribution in [1.82, 2.24) is 5.32 Å². The first kappa shape index (κ1) is 17.8. The number of carbonyl (C=O) groups excluding carboxylic acids is 1. The predicted molar refractivity (Wildman–Crippen MR) is 79.9 cm³/mol. The van der Waals surface area contributed by atoms with E-state index in [9.17, 15) is 22.4 Å². The molecule has 1 atom stereocenters. The molecule has 1 amide bonds. The third-order valence-corrected chi connectivity index (χ3v) is 3.40. The molecule has 0 aliphatic rings. The van der Waals surface area contributed by atoms with Gasteiger partial charge in [0.25, 0.3) is 5.91 Å². The first-order chi connectivity index (χ1) is 11.4.